The number of hydrogen-bond acceptors (Lipinski definition) is 9. The maximum atomic E-state index is 12.0. The van der Waals surface area contributed by atoms with Crippen molar-refractivity contribution in [2.45, 2.75) is 27.7 Å². The minimum absolute atomic E-state index is 0.0387. The average Bonchev–Trinajstić information content (AvgIpc) is 2.54. The molecule has 0 aromatic carbocycles. The summed E-state index contributed by atoms with van der Waals surface area (Å²) < 4.78 is 19.0. The molecule has 0 rings (SSSR count). The summed E-state index contributed by atoms with van der Waals surface area (Å²) >= 11 is 0. The van der Waals surface area contributed by atoms with Gasteiger partial charge in [-0.2, -0.15) is 0 Å². The van der Waals surface area contributed by atoms with Crippen LogP contribution in [0.5, 0.6) is 0 Å². The van der Waals surface area contributed by atoms with E-state index in [0.717, 1.165) is 12.2 Å². The second kappa shape index (κ2) is 12.6. The van der Waals surface area contributed by atoms with Crippen LogP contribution in [0, 0.1) is 0 Å². The molecule has 0 saturated heterocycles. The molecule has 0 radical (unpaired) electrons. The van der Waals surface area contributed by atoms with E-state index in [4.69, 9.17) is 18.9 Å². The molecule has 0 aliphatic carbocycles. The van der Waals surface area contributed by atoms with Crippen molar-refractivity contribution in [3.05, 3.63) is 23.5 Å². The van der Waals surface area contributed by atoms with Crippen molar-refractivity contribution >= 4 is 23.9 Å². The number of nitrogens with one attached hydrogen (secondary N) is 1. The van der Waals surface area contributed by atoms with E-state index in [0.29, 0.717) is 0 Å². The molecule has 0 amide bonds. The molecule has 140 valence electrons. The van der Waals surface area contributed by atoms with E-state index in [1.165, 1.54) is 0 Å². The second-order valence-corrected chi connectivity index (χ2v) is 4.19. The van der Waals surface area contributed by atoms with Crippen LogP contribution in [0.3, 0.4) is 0 Å². The number of rotatable bonds is 10. The Morgan fingerprint density at radius 2 is 0.960 bits per heavy atom. The van der Waals surface area contributed by atoms with Gasteiger partial charge in [0.15, 0.2) is 0 Å². The molecule has 0 atom stereocenters. The smallest absolute Gasteiger partial charge is 0.355 e. The molecule has 0 spiro atoms. The van der Waals surface area contributed by atoms with Crippen molar-refractivity contribution in [2.24, 2.45) is 0 Å². The fourth-order valence-corrected chi connectivity index (χ4v) is 1.46. The fraction of sp³-hybridized carbons (Fsp3) is 0.500. The summed E-state index contributed by atoms with van der Waals surface area (Å²) in [5, 5.41) is 2.37. The number of carbonyl (C=O) groups is 4. The van der Waals surface area contributed by atoms with E-state index in [1.54, 1.807) is 27.7 Å². The molecule has 0 aromatic rings. The summed E-state index contributed by atoms with van der Waals surface area (Å²) in [5.74, 6) is -3.46. The Balaban J connectivity index is 5.63. The molecule has 0 aliphatic rings. The van der Waals surface area contributed by atoms with Crippen molar-refractivity contribution < 1.29 is 38.1 Å². The zero-order valence-electron chi connectivity index (χ0n) is 14.7. The zero-order valence-corrected chi connectivity index (χ0v) is 14.7. The third kappa shape index (κ3) is 9.14. The highest BCUT2D eigenvalue weighted by Crippen LogP contribution is 2.04. The van der Waals surface area contributed by atoms with Crippen LogP contribution in [-0.2, 0) is 38.1 Å². The molecule has 9 heteroatoms. The van der Waals surface area contributed by atoms with Crippen molar-refractivity contribution in [1.82, 2.24) is 5.32 Å². The summed E-state index contributed by atoms with van der Waals surface area (Å²) in [4.78, 5) is 47.1. The molecule has 0 fully saturated rings. The van der Waals surface area contributed by atoms with Crippen LogP contribution in [0.15, 0.2) is 23.5 Å². The highest BCUT2D eigenvalue weighted by atomic mass is 16.5. The molecule has 0 heterocycles. The molecule has 0 unspecified atom stereocenters. The normalized spacial score (nSPS) is 11.4. The summed E-state index contributed by atoms with van der Waals surface area (Å²) in [6.45, 7) is 6.58. The first-order chi connectivity index (χ1) is 11.9. The van der Waals surface area contributed by atoms with Crippen molar-refractivity contribution in [3.63, 3.8) is 0 Å². The summed E-state index contributed by atoms with van der Waals surface area (Å²) in [6.07, 6.45) is 1.64. The summed E-state index contributed by atoms with van der Waals surface area (Å²) in [6, 6.07) is 0. The van der Waals surface area contributed by atoms with Gasteiger partial charge in [-0.1, -0.05) is 0 Å². The second-order valence-electron chi connectivity index (χ2n) is 4.19. The SMILES string of the molecule is CCOC(=O)/C=C(/N/C(=C/C(=O)OCC)C(=O)OCC)C(=O)OCC. The Kier molecular flexibility index (Phi) is 11.1. The minimum atomic E-state index is -0.908. The monoisotopic (exact) mass is 357 g/mol. The van der Waals surface area contributed by atoms with Gasteiger partial charge in [-0.05, 0) is 27.7 Å². The maximum Gasteiger partial charge on any atom is 0.355 e. The van der Waals surface area contributed by atoms with Crippen molar-refractivity contribution in [3.8, 4) is 0 Å². The van der Waals surface area contributed by atoms with E-state index < -0.39 is 23.9 Å². The van der Waals surface area contributed by atoms with Crippen LogP contribution in [0.25, 0.3) is 0 Å². The number of carbonyl (C=O) groups excluding carboxylic acids is 4. The van der Waals surface area contributed by atoms with Gasteiger partial charge in [-0.15, -0.1) is 0 Å². The topological polar surface area (TPSA) is 117 Å². The predicted octanol–water partition coefficient (Wildman–Crippen LogP) is 0.596. The van der Waals surface area contributed by atoms with Crippen molar-refractivity contribution in [2.75, 3.05) is 26.4 Å². The summed E-state index contributed by atoms with van der Waals surface area (Å²) in [7, 11) is 0. The first-order valence-electron chi connectivity index (χ1n) is 7.77. The van der Waals surface area contributed by atoms with Gasteiger partial charge in [0.05, 0.1) is 38.6 Å². The Labute approximate surface area is 145 Å². The van der Waals surface area contributed by atoms with Crippen LogP contribution in [0.2, 0.25) is 0 Å². The number of esters is 4. The third-order valence-corrected chi connectivity index (χ3v) is 2.36. The predicted molar refractivity (Wildman–Crippen MR) is 85.8 cm³/mol. The van der Waals surface area contributed by atoms with E-state index in [2.05, 4.69) is 5.32 Å². The first-order valence-corrected chi connectivity index (χ1v) is 7.77. The zero-order chi connectivity index (χ0) is 19.2. The molecule has 0 saturated carbocycles. The van der Waals surface area contributed by atoms with Gasteiger partial charge in [0.2, 0.25) is 0 Å². The third-order valence-electron chi connectivity index (χ3n) is 2.36. The number of ether oxygens (including phenoxy) is 4. The quantitative estimate of drug-likeness (QED) is 0.340. The highest BCUT2D eigenvalue weighted by Gasteiger charge is 2.20. The lowest BCUT2D eigenvalue weighted by molar-refractivity contribution is -0.142. The maximum absolute atomic E-state index is 12.0. The average molecular weight is 357 g/mol. The Morgan fingerprint density at radius 1 is 0.640 bits per heavy atom. The lowest BCUT2D eigenvalue weighted by atomic mass is 10.3. The highest BCUT2D eigenvalue weighted by molar-refractivity contribution is 6.00. The van der Waals surface area contributed by atoms with Gasteiger partial charge in [-0.3, -0.25) is 0 Å². The van der Waals surface area contributed by atoms with Gasteiger partial charge in [0, 0.05) is 0 Å². The van der Waals surface area contributed by atoms with Crippen LogP contribution in [0.4, 0.5) is 0 Å². The van der Waals surface area contributed by atoms with Gasteiger partial charge >= 0.3 is 23.9 Å². The fourth-order valence-electron chi connectivity index (χ4n) is 1.46. The van der Waals surface area contributed by atoms with E-state index in [-0.39, 0.29) is 37.8 Å². The van der Waals surface area contributed by atoms with Gasteiger partial charge in [0.25, 0.3) is 0 Å². The molecule has 1 N–H and O–H groups in total. The Morgan fingerprint density at radius 3 is 1.24 bits per heavy atom. The minimum Gasteiger partial charge on any atom is -0.463 e. The number of hydrogen-bond donors (Lipinski definition) is 1. The lowest BCUT2D eigenvalue weighted by Gasteiger charge is -2.12. The van der Waals surface area contributed by atoms with Gasteiger partial charge in [-0.25, -0.2) is 19.2 Å². The molecule has 0 aliphatic heterocycles. The van der Waals surface area contributed by atoms with E-state index in [9.17, 15) is 19.2 Å². The van der Waals surface area contributed by atoms with Crippen LogP contribution in [-0.4, -0.2) is 50.3 Å². The van der Waals surface area contributed by atoms with Crippen LogP contribution in [0.1, 0.15) is 27.7 Å². The van der Waals surface area contributed by atoms with E-state index >= 15 is 0 Å². The van der Waals surface area contributed by atoms with Gasteiger partial charge < -0.3 is 24.3 Å². The molecule has 9 nitrogen and oxygen atoms in total. The first kappa shape index (κ1) is 22.2. The Bertz CT molecular complexity index is 502. The molecule has 0 aromatic heterocycles. The van der Waals surface area contributed by atoms with E-state index in [1.807, 2.05) is 0 Å². The van der Waals surface area contributed by atoms with Gasteiger partial charge in [0.1, 0.15) is 11.4 Å². The van der Waals surface area contributed by atoms with Crippen LogP contribution < -0.4 is 5.32 Å². The molecular weight excluding hydrogens is 334 g/mol. The summed E-state index contributed by atoms with van der Waals surface area (Å²) in [5.41, 5.74) is -0.771. The Hall–Kier alpha value is -2.84. The van der Waals surface area contributed by atoms with Crippen LogP contribution >= 0.6 is 0 Å². The van der Waals surface area contributed by atoms with Crippen molar-refractivity contribution in [1.29, 1.82) is 0 Å². The largest absolute Gasteiger partial charge is 0.463 e. The lowest BCUT2D eigenvalue weighted by Crippen LogP contribution is -2.29. The molecule has 25 heavy (non-hydrogen) atoms. The molecular formula is C16H23NO8. The molecule has 0 bridgehead atoms. The standard InChI is InChI=1S/C16H23NO8/c1-5-22-13(18)9-11(15(20)24-7-3)17-12(16(21)25-8-4)10-14(19)23-6-2/h9-10,17H,5-8H2,1-4H3/b11-9+,12-10+.